The Morgan fingerprint density at radius 1 is 1.20 bits per heavy atom. The summed E-state index contributed by atoms with van der Waals surface area (Å²) in [6, 6.07) is 7.44. The predicted octanol–water partition coefficient (Wildman–Crippen LogP) is 2.01. The maximum absolute atomic E-state index is 5.93. The summed E-state index contributed by atoms with van der Waals surface area (Å²) >= 11 is 3.42. The number of imidazole rings is 1. The smallest absolute Gasteiger partial charge is 0.154 e. The van der Waals surface area contributed by atoms with Gasteiger partial charge < -0.3 is 4.74 Å². The summed E-state index contributed by atoms with van der Waals surface area (Å²) < 4.78 is 10.1. The van der Waals surface area contributed by atoms with Crippen molar-refractivity contribution in [3.8, 4) is 17.1 Å². The molecule has 0 spiro atoms. The van der Waals surface area contributed by atoms with Gasteiger partial charge in [0.1, 0.15) is 28.5 Å². The molecule has 0 aliphatic heterocycles. The fourth-order valence-electron chi connectivity index (χ4n) is 2.40. The topological polar surface area (TPSA) is 95.9 Å². The second-order valence-corrected chi connectivity index (χ2v) is 6.22. The molecule has 10 heteroatoms. The zero-order chi connectivity index (χ0) is 17.2. The standard InChI is InChI=1S/C15H13BrN8O/c1-10(8-23-9-19-21-22-23)25-11-4-5-17-13(6-11)12-2-3-15-18-7-14(16)24(15)20-12/h2-7,9-10H,8H2,1H3/t10-/m0/s1. The van der Waals surface area contributed by atoms with E-state index in [-0.39, 0.29) is 6.10 Å². The van der Waals surface area contributed by atoms with Gasteiger partial charge in [-0.25, -0.2) is 14.2 Å². The molecule has 4 heterocycles. The van der Waals surface area contributed by atoms with Gasteiger partial charge in [0.15, 0.2) is 5.65 Å². The number of rotatable bonds is 5. The fraction of sp³-hybridized carbons (Fsp3) is 0.200. The van der Waals surface area contributed by atoms with Crippen LogP contribution in [-0.2, 0) is 6.54 Å². The quantitative estimate of drug-likeness (QED) is 0.505. The second kappa shape index (κ2) is 6.55. The predicted molar refractivity (Wildman–Crippen MR) is 91.8 cm³/mol. The third-order valence-corrected chi connectivity index (χ3v) is 4.03. The van der Waals surface area contributed by atoms with Crippen LogP contribution in [0.5, 0.6) is 5.75 Å². The molecule has 0 aromatic carbocycles. The van der Waals surface area contributed by atoms with Gasteiger partial charge in [0.2, 0.25) is 0 Å². The lowest BCUT2D eigenvalue weighted by Gasteiger charge is -2.14. The number of hydrogen-bond acceptors (Lipinski definition) is 7. The maximum Gasteiger partial charge on any atom is 0.154 e. The van der Waals surface area contributed by atoms with Gasteiger partial charge in [0.25, 0.3) is 0 Å². The molecule has 25 heavy (non-hydrogen) atoms. The Bertz CT molecular complexity index is 1000. The maximum atomic E-state index is 5.93. The SMILES string of the molecule is C[C@@H](Cn1cnnn1)Oc1ccnc(-c2ccc3ncc(Br)n3n2)c1. The number of fused-ring (bicyclic) bond motifs is 1. The van der Waals surface area contributed by atoms with E-state index < -0.39 is 0 Å². The Morgan fingerprint density at radius 3 is 2.96 bits per heavy atom. The lowest BCUT2D eigenvalue weighted by atomic mass is 10.2. The molecule has 1 atom stereocenters. The van der Waals surface area contributed by atoms with Crippen molar-refractivity contribution in [1.82, 2.24) is 39.8 Å². The number of pyridine rings is 1. The Balaban J connectivity index is 1.56. The van der Waals surface area contributed by atoms with E-state index in [2.05, 4.69) is 46.5 Å². The molecule has 0 saturated carbocycles. The summed E-state index contributed by atoms with van der Waals surface area (Å²) in [5, 5.41) is 15.6. The summed E-state index contributed by atoms with van der Waals surface area (Å²) in [4.78, 5) is 8.62. The molecule has 0 radical (unpaired) electrons. The summed E-state index contributed by atoms with van der Waals surface area (Å²) in [7, 11) is 0. The molecule has 0 unspecified atom stereocenters. The van der Waals surface area contributed by atoms with E-state index >= 15 is 0 Å². The van der Waals surface area contributed by atoms with Crippen LogP contribution in [0, 0.1) is 0 Å². The van der Waals surface area contributed by atoms with Crippen molar-refractivity contribution in [3.63, 3.8) is 0 Å². The van der Waals surface area contributed by atoms with Crippen LogP contribution in [0.15, 0.2) is 47.6 Å². The van der Waals surface area contributed by atoms with Crippen LogP contribution in [0.4, 0.5) is 0 Å². The van der Waals surface area contributed by atoms with Crippen LogP contribution in [0.2, 0.25) is 0 Å². The molecular formula is C15H13BrN8O. The third kappa shape index (κ3) is 3.33. The van der Waals surface area contributed by atoms with E-state index in [0.29, 0.717) is 12.3 Å². The van der Waals surface area contributed by atoms with Crippen molar-refractivity contribution in [1.29, 1.82) is 0 Å². The molecule has 0 saturated heterocycles. The summed E-state index contributed by atoms with van der Waals surface area (Å²) in [6.07, 6.45) is 4.86. The number of halogens is 1. The van der Waals surface area contributed by atoms with Gasteiger partial charge in [0, 0.05) is 12.3 Å². The van der Waals surface area contributed by atoms with Gasteiger partial charge in [-0.05, 0) is 51.5 Å². The number of ether oxygens (including phenoxy) is 1. The molecule has 4 aromatic rings. The third-order valence-electron chi connectivity index (χ3n) is 3.49. The van der Waals surface area contributed by atoms with E-state index in [1.807, 2.05) is 31.2 Å². The first-order chi connectivity index (χ1) is 12.2. The first-order valence-corrected chi connectivity index (χ1v) is 8.32. The van der Waals surface area contributed by atoms with Crippen molar-refractivity contribution in [2.24, 2.45) is 0 Å². The van der Waals surface area contributed by atoms with Gasteiger partial charge in [-0.2, -0.15) is 5.10 Å². The van der Waals surface area contributed by atoms with E-state index in [4.69, 9.17) is 4.74 Å². The summed E-state index contributed by atoms with van der Waals surface area (Å²) in [5.74, 6) is 0.706. The molecule has 4 aromatic heterocycles. The van der Waals surface area contributed by atoms with Gasteiger partial charge >= 0.3 is 0 Å². The average molecular weight is 401 g/mol. The molecule has 0 N–H and O–H groups in total. The molecular weight excluding hydrogens is 388 g/mol. The van der Waals surface area contributed by atoms with Gasteiger partial charge in [-0.1, -0.05) is 0 Å². The highest BCUT2D eigenvalue weighted by Crippen LogP contribution is 2.22. The Morgan fingerprint density at radius 2 is 2.12 bits per heavy atom. The lowest BCUT2D eigenvalue weighted by molar-refractivity contribution is 0.193. The number of nitrogens with zero attached hydrogens (tertiary/aromatic N) is 8. The fourth-order valence-corrected chi connectivity index (χ4v) is 2.77. The van der Waals surface area contributed by atoms with Crippen LogP contribution in [-0.4, -0.2) is 45.9 Å². The van der Waals surface area contributed by atoms with Gasteiger partial charge in [-0.3, -0.25) is 4.98 Å². The van der Waals surface area contributed by atoms with Crippen molar-refractivity contribution < 1.29 is 4.74 Å². The van der Waals surface area contributed by atoms with E-state index in [1.165, 1.54) is 0 Å². The summed E-state index contributed by atoms with van der Waals surface area (Å²) in [6.45, 7) is 2.51. The van der Waals surface area contributed by atoms with E-state index in [9.17, 15) is 0 Å². The summed E-state index contributed by atoms with van der Waals surface area (Å²) in [5.41, 5.74) is 2.21. The molecule has 0 aliphatic carbocycles. The van der Waals surface area contributed by atoms with Crippen LogP contribution in [0.1, 0.15) is 6.92 Å². The zero-order valence-corrected chi connectivity index (χ0v) is 14.8. The molecule has 126 valence electrons. The Labute approximate surface area is 150 Å². The molecule has 0 aliphatic rings. The molecule has 9 nitrogen and oxygen atoms in total. The highest BCUT2D eigenvalue weighted by molar-refractivity contribution is 9.10. The first-order valence-electron chi connectivity index (χ1n) is 7.53. The largest absolute Gasteiger partial charge is 0.489 e. The molecule has 0 fully saturated rings. The lowest BCUT2D eigenvalue weighted by Crippen LogP contribution is -2.20. The van der Waals surface area contributed by atoms with Gasteiger partial charge in [0.05, 0.1) is 18.4 Å². The average Bonchev–Trinajstić information content (AvgIpc) is 3.25. The second-order valence-electron chi connectivity index (χ2n) is 5.41. The van der Waals surface area contributed by atoms with Crippen molar-refractivity contribution >= 4 is 21.6 Å². The van der Waals surface area contributed by atoms with Crippen LogP contribution in [0.25, 0.3) is 17.0 Å². The van der Waals surface area contributed by atoms with Gasteiger partial charge in [-0.15, -0.1) is 5.10 Å². The van der Waals surface area contributed by atoms with Crippen molar-refractivity contribution in [2.45, 2.75) is 19.6 Å². The normalized spacial score (nSPS) is 12.4. The van der Waals surface area contributed by atoms with Crippen molar-refractivity contribution in [2.75, 3.05) is 0 Å². The number of aromatic nitrogens is 8. The monoisotopic (exact) mass is 400 g/mol. The Kier molecular flexibility index (Phi) is 4.10. The number of hydrogen-bond donors (Lipinski definition) is 0. The van der Waals surface area contributed by atoms with Crippen LogP contribution in [0.3, 0.4) is 0 Å². The first kappa shape index (κ1) is 15.6. The van der Waals surface area contributed by atoms with E-state index in [1.54, 1.807) is 27.9 Å². The van der Waals surface area contributed by atoms with Crippen LogP contribution < -0.4 is 4.74 Å². The van der Waals surface area contributed by atoms with Crippen molar-refractivity contribution in [3.05, 3.63) is 47.6 Å². The highest BCUT2D eigenvalue weighted by Gasteiger charge is 2.10. The minimum Gasteiger partial charge on any atom is -0.489 e. The zero-order valence-electron chi connectivity index (χ0n) is 13.2. The van der Waals surface area contributed by atoms with E-state index in [0.717, 1.165) is 21.6 Å². The van der Waals surface area contributed by atoms with Crippen LogP contribution >= 0.6 is 15.9 Å². The molecule has 4 rings (SSSR count). The number of tetrazole rings is 1. The molecule has 0 amide bonds. The Hall–Kier alpha value is -2.88. The minimum atomic E-state index is -0.100. The minimum absolute atomic E-state index is 0.100. The highest BCUT2D eigenvalue weighted by atomic mass is 79.9. The molecule has 0 bridgehead atoms.